The van der Waals surface area contributed by atoms with Gasteiger partial charge in [-0.25, -0.2) is 0 Å². The maximum atomic E-state index is 12.1. The van der Waals surface area contributed by atoms with Gasteiger partial charge in [-0.05, 0) is 36.8 Å². The zero-order valence-electron chi connectivity index (χ0n) is 15.0. The van der Waals surface area contributed by atoms with E-state index in [0.717, 1.165) is 5.56 Å². The summed E-state index contributed by atoms with van der Waals surface area (Å²) in [7, 11) is 0. The molecule has 2 aromatic carbocycles. The Morgan fingerprint density at radius 3 is 2.46 bits per heavy atom. The zero-order valence-corrected chi connectivity index (χ0v) is 15.8. The number of hydrogen-bond acceptors (Lipinski definition) is 3. The minimum atomic E-state index is -0.136. The summed E-state index contributed by atoms with van der Waals surface area (Å²) in [5.74, 6) is 0.370. The fourth-order valence-electron chi connectivity index (χ4n) is 2.51. The molecular formula is C20H23ClN2O3. The summed E-state index contributed by atoms with van der Waals surface area (Å²) in [6, 6.07) is 14.6. The monoisotopic (exact) mass is 374 g/mol. The largest absolute Gasteiger partial charge is 0.492 e. The Morgan fingerprint density at radius 2 is 1.81 bits per heavy atom. The number of carbonyl (C=O) groups is 2. The van der Waals surface area contributed by atoms with Crippen molar-refractivity contribution in [3.63, 3.8) is 0 Å². The molecule has 0 heterocycles. The zero-order chi connectivity index (χ0) is 18.9. The topological polar surface area (TPSA) is 58.6 Å². The minimum absolute atomic E-state index is 0.125. The summed E-state index contributed by atoms with van der Waals surface area (Å²) < 4.78 is 5.58. The molecule has 1 N–H and O–H groups in total. The highest BCUT2D eigenvalue weighted by Gasteiger charge is 2.17. The van der Waals surface area contributed by atoms with E-state index in [2.05, 4.69) is 5.32 Å². The van der Waals surface area contributed by atoms with Crippen molar-refractivity contribution in [2.45, 2.75) is 26.8 Å². The van der Waals surface area contributed by atoms with E-state index >= 15 is 0 Å². The third-order valence-corrected chi connectivity index (χ3v) is 4.05. The van der Waals surface area contributed by atoms with Crippen molar-refractivity contribution in [3.05, 3.63) is 59.1 Å². The first kappa shape index (κ1) is 19.8. The number of nitrogens with one attached hydrogen (secondary N) is 1. The number of hydrogen-bond donors (Lipinski definition) is 1. The number of halogens is 1. The molecule has 138 valence electrons. The van der Waals surface area contributed by atoms with Crippen LogP contribution in [0.25, 0.3) is 0 Å². The summed E-state index contributed by atoms with van der Waals surface area (Å²) in [6.07, 6.45) is 0.202. The molecule has 6 heteroatoms. The van der Waals surface area contributed by atoms with Crippen LogP contribution >= 0.6 is 11.6 Å². The van der Waals surface area contributed by atoms with Crippen molar-refractivity contribution in [1.29, 1.82) is 0 Å². The maximum absolute atomic E-state index is 12.1. The molecule has 0 unspecified atom stereocenters. The van der Waals surface area contributed by atoms with Crippen LogP contribution in [-0.2, 0) is 16.1 Å². The van der Waals surface area contributed by atoms with Crippen LogP contribution in [0, 0.1) is 0 Å². The van der Waals surface area contributed by atoms with Crippen molar-refractivity contribution >= 4 is 29.1 Å². The Balaban J connectivity index is 1.95. The Bertz CT molecular complexity index is 747. The number of carbonyl (C=O) groups excluding carboxylic acids is 2. The molecule has 0 saturated heterocycles. The smallest absolute Gasteiger partial charge is 0.223 e. The van der Waals surface area contributed by atoms with Gasteiger partial charge in [0.15, 0.2) is 0 Å². The molecule has 0 saturated carbocycles. The van der Waals surface area contributed by atoms with Crippen LogP contribution < -0.4 is 15.0 Å². The molecule has 0 radical (unpaired) electrons. The quantitative estimate of drug-likeness (QED) is 0.764. The van der Waals surface area contributed by atoms with Gasteiger partial charge in [0.25, 0.3) is 0 Å². The lowest BCUT2D eigenvalue weighted by atomic mass is 10.2. The highest BCUT2D eigenvalue weighted by molar-refractivity contribution is 6.30. The van der Waals surface area contributed by atoms with Crippen LogP contribution in [0.4, 0.5) is 5.69 Å². The van der Waals surface area contributed by atoms with Crippen LogP contribution in [0.1, 0.15) is 25.8 Å². The highest BCUT2D eigenvalue weighted by Crippen LogP contribution is 2.28. The van der Waals surface area contributed by atoms with E-state index in [1.807, 2.05) is 43.3 Å². The maximum Gasteiger partial charge on any atom is 0.223 e. The average Bonchev–Trinajstić information content (AvgIpc) is 2.62. The number of anilines is 1. The summed E-state index contributed by atoms with van der Waals surface area (Å²) in [5.41, 5.74) is 1.64. The fraction of sp³-hybridized carbons (Fsp3) is 0.300. The molecule has 5 nitrogen and oxygen atoms in total. The second-order valence-electron chi connectivity index (χ2n) is 5.72. The Morgan fingerprint density at radius 1 is 1.12 bits per heavy atom. The van der Waals surface area contributed by atoms with E-state index in [1.54, 1.807) is 17.0 Å². The normalized spacial score (nSPS) is 10.3. The van der Waals surface area contributed by atoms with Gasteiger partial charge in [-0.3, -0.25) is 9.59 Å². The summed E-state index contributed by atoms with van der Waals surface area (Å²) in [5, 5.41) is 3.51. The van der Waals surface area contributed by atoms with Gasteiger partial charge >= 0.3 is 0 Å². The van der Waals surface area contributed by atoms with Gasteiger partial charge in [0, 0.05) is 31.5 Å². The predicted molar refractivity (Wildman–Crippen MR) is 104 cm³/mol. The van der Waals surface area contributed by atoms with Gasteiger partial charge in [0.1, 0.15) is 5.75 Å². The van der Waals surface area contributed by atoms with Crippen molar-refractivity contribution in [1.82, 2.24) is 5.32 Å². The number of ether oxygens (including phenoxy) is 1. The molecule has 0 spiro atoms. The average molecular weight is 375 g/mol. The van der Waals surface area contributed by atoms with Gasteiger partial charge in [0.05, 0.1) is 12.3 Å². The second-order valence-corrected chi connectivity index (χ2v) is 6.16. The van der Waals surface area contributed by atoms with E-state index in [0.29, 0.717) is 29.6 Å². The van der Waals surface area contributed by atoms with E-state index in [4.69, 9.17) is 16.3 Å². The molecule has 0 bridgehead atoms. The molecule has 2 aromatic rings. The summed E-state index contributed by atoms with van der Waals surface area (Å²) in [4.78, 5) is 25.8. The van der Waals surface area contributed by atoms with E-state index in [-0.39, 0.29) is 24.8 Å². The number of nitrogens with zero attached hydrogens (tertiary/aromatic N) is 1. The first-order valence-electron chi connectivity index (χ1n) is 8.52. The number of benzene rings is 2. The van der Waals surface area contributed by atoms with Crippen LogP contribution in [-0.4, -0.2) is 25.0 Å². The van der Waals surface area contributed by atoms with Crippen molar-refractivity contribution in [2.24, 2.45) is 0 Å². The standard InChI is InChI=1S/C20H23ClN2O3/c1-3-26-19-7-5-4-6-18(19)23(15(2)24)13-12-20(25)22-14-16-8-10-17(21)11-9-16/h4-11H,3,12-14H2,1-2H3,(H,22,25). The Kier molecular flexibility index (Phi) is 7.48. The number of rotatable bonds is 8. The molecule has 0 fully saturated rings. The van der Waals surface area contributed by atoms with Crippen LogP contribution in [0.2, 0.25) is 5.02 Å². The lowest BCUT2D eigenvalue weighted by Gasteiger charge is -2.23. The molecule has 2 amide bonds. The molecular weight excluding hydrogens is 352 g/mol. The fourth-order valence-corrected chi connectivity index (χ4v) is 2.64. The van der Waals surface area contributed by atoms with Crippen molar-refractivity contribution < 1.29 is 14.3 Å². The van der Waals surface area contributed by atoms with Gasteiger partial charge in [-0.1, -0.05) is 35.9 Å². The number of para-hydroxylation sites is 2. The van der Waals surface area contributed by atoms with Gasteiger partial charge in [0.2, 0.25) is 11.8 Å². The van der Waals surface area contributed by atoms with Gasteiger partial charge in [-0.15, -0.1) is 0 Å². The molecule has 0 aromatic heterocycles. The molecule has 2 rings (SSSR count). The minimum Gasteiger partial charge on any atom is -0.492 e. The van der Waals surface area contributed by atoms with E-state index in [1.165, 1.54) is 6.92 Å². The predicted octanol–water partition coefficient (Wildman–Crippen LogP) is 3.80. The first-order chi connectivity index (χ1) is 12.5. The Hall–Kier alpha value is -2.53. The lowest BCUT2D eigenvalue weighted by Crippen LogP contribution is -2.34. The number of amides is 2. The third-order valence-electron chi connectivity index (χ3n) is 3.80. The molecule has 26 heavy (non-hydrogen) atoms. The first-order valence-corrected chi connectivity index (χ1v) is 8.90. The Labute approximate surface area is 158 Å². The SMILES string of the molecule is CCOc1ccccc1N(CCC(=O)NCc1ccc(Cl)cc1)C(C)=O. The summed E-state index contributed by atoms with van der Waals surface area (Å²) >= 11 is 5.85. The van der Waals surface area contributed by atoms with Crippen LogP contribution in [0.3, 0.4) is 0 Å². The van der Waals surface area contributed by atoms with E-state index in [9.17, 15) is 9.59 Å². The second kappa shape index (κ2) is 9.82. The molecule has 0 aliphatic carbocycles. The molecule has 0 aliphatic rings. The molecule has 0 aliphatic heterocycles. The molecule has 0 atom stereocenters. The summed E-state index contributed by atoms with van der Waals surface area (Å²) in [6.45, 7) is 4.58. The van der Waals surface area contributed by atoms with Gasteiger partial charge < -0.3 is 15.0 Å². The lowest BCUT2D eigenvalue weighted by molar-refractivity contribution is -0.121. The van der Waals surface area contributed by atoms with Gasteiger partial charge in [-0.2, -0.15) is 0 Å². The highest BCUT2D eigenvalue weighted by atomic mass is 35.5. The van der Waals surface area contributed by atoms with Crippen LogP contribution in [0.5, 0.6) is 5.75 Å². The van der Waals surface area contributed by atoms with Crippen molar-refractivity contribution in [3.8, 4) is 5.75 Å². The van der Waals surface area contributed by atoms with E-state index < -0.39 is 0 Å². The third kappa shape index (κ3) is 5.77. The van der Waals surface area contributed by atoms with Crippen molar-refractivity contribution in [2.75, 3.05) is 18.1 Å². The van der Waals surface area contributed by atoms with Crippen LogP contribution in [0.15, 0.2) is 48.5 Å².